The van der Waals surface area contributed by atoms with Gasteiger partial charge in [0, 0.05) is 66.7 Å². The first kappa shape index (κ1) is 25.1. The van der Waals surface area contributed by atoms with Crippen LogP contribution in [0, 0.1) is 5.41 Å². The molecule has 1 spiro atoms. The standard InChI is InChI=1S/C31H36N8O2/c40-16-26-28-23-11-25(22-3-1-2-4-27(22)41)36-37-29(23)35-24(28)7-10-39(26)30-33-14-20(15-34-30)19-5-8-38(9-6-19)21-12-31(13-21)17-32-18-31/h1-4,11,14-15,19,21,26,32,40-41H,5-10,12-13,16-18H2,(H,35,37)/t26-/m0/s1. The molecule has 212 valence electrons. The van der Waals surface area contributed by atoms with Crippen LogP contribution in [-0.2, 0) is 6.42 Å². The maximum atomic E-state index is 10.6. The Balaban J connectivity index is 0.998. The lowest BCUT2D eigenvalue weighted by molar-refractivity contribution is -0.0432. The second-order valence-electron chi connectivity index (χ2n) is 12.5. The second kappa shape index (κ2) is 9.75. The average Bonchev–Trinajstić information content (AvgIpc) is 3.34. The van der Waals surface area contributed by atoms with Crippen LogP contribution < -0.4 is 10.2 Å². The third kappa shape index (κ3) is 4.19. The van der Waals surface area contributed by atoms with Gasteiger partial charge >= 0.3 is 0 Å². The molecule has 1 saturated carbocycles. The van der Waals surface area contributed by atoms with Crippen molar-refractivity contribution in [2.75, 3.05) is 44.2 Å². The van der Waals surface area contributed by atoms with Gasteiger partial charge in [0.25, 0.3) is 0 Å². The summed E-state index contributed by atoms with van der Waals surface area (Å²) in [6, 6.07) is 9.55. The van der Waals surface area contributed by atoms with Crippen molar-refractivity contribution in [3.05, 3.63) is 59.5 Å². The van der Waals surface area contributed by atoms with Crippen molar-refractivity contribution in [1.82, 2.24) is 35.4 Å². The predicted molar refractivity (Wildman–Crippen MR) is 156 cm³/mol. The Hall–Kier alpha value is -3.60. The highest BCUT2D eigenvalue weighted by atomic mass is 16.3. The first-order valence-electron chi connectivity index (χ1n) is 14.9. The summed E-state index contributed by atoms with van der Waals surface area (Å²) in [5, 5.41) is 34.1. The van der Waals surface area contributed by atoms with Crippen molar-refractivity contribution in [2.45, 2.75) is 50.1 Å². The van der Waals surface area contributed by atoms with E-state index in [0.29, 0.717) is 40.7 Å². The minimum atomic E-state index is -0.306. The lowest BCUT2D eigenvalue weighted by atomic mass is 9.61. The van der Waals surface area contributed by atoms with E-state index >= 15 is 0 Å². The highest BCUT2D eigenvalue weighted by Crippen LogP contribution is 2.47. The van der Waals surface area contributed by atoms with Gasteiger partial charge in [0.1, 0.15) is 5.75 Å². The van der Waals surface area contributed by atoms with Crippen LogP contribution >= 0.6 is 0 Å². The molecule has 3 aliphatic heterocycles. The highest BCUT2D eigenvalue weighted by molar-refractivity contribution is 5.86. The summed E-state index contributed by atoms with van der Waals surface area (Å²) in [6.45, 7) is 5.37. The number of hydrogen-bond donors (Lipinski definition) is 4. The number of phenolic OH excluding ortho intramolecular Hbond substituents is 1. The summed E-state index contributed by atoms with van der Waals surface area (Å²) in [5.41, 5.74) is 5.79. The smallest absolute Gasteiger partial charge is 0.225 e. The van der Waals surface area contributed by atoms with E-state index in [0.717, 1.165) is 55.0 Å². The minimum absolute atomic E-state index is 0.0731. The van der Waals surface area contributed by atoms with Gasteiger partial charge in [-0.3, -0.25) is 0 Å². The molecule has 8 rings (SSSR count). The van der Waals surface area contributed by atoms with E-state index in [-0.39, 0.29) is 18.4 Å². The zero-order valence-electron chi connectivity index (χ0n) is 23.1. The number of aromatic hydroxyl groups is 1. The zero-order valence-corrected chi connectivity index (χ0v) is 23.1. The number of nitrogens with zero attached hydrogens (tertiary/aromatic N) is 6. The SMILES string of the molecule is OC[C@H]1c2c([nH]c3nnc(-c4ccccc4O)cc23)CCN1c1ncc(C2CCN(C3CC4(CNC4)C3)CC2)cn1. The summed E-state index contributed by atoms with van der Waals surface area (Å²) in [5.74, 6) is 1.30. The molecule has 2 saturated heterocycles. The number of nitrogens with one attached hydrogen (secondary N) is 2. The van der Waals surface area contributed by atoms with Crippen molar-refractivity contribution in [1.29, 1.82) is 0 Å². The predicted octanol–water partition coefficient (Wildman–Crippen LogP) is 3.15. The van der Waals surface area contributed by atoms with Crippen LogP contribution in [0.15, 0.2) is 42.7 Å². The number of aromatic nitrogens is 5. The number of phenols is 1. The summed E-state index contributed by atoms with van der Waals surface area (Å²) >= 11 is 0. The average molecular weight is 553 g/mol. The van der Waals surface area contributed by atoms with Crippen LogP contribution in [0.4, 0.5) is 5.95 Å². The van der Waals surface area contributed by atoms with Crippen LogP contribution in [-0.4, -0.2) is 85.6 Å². The van der Waals surface area contributed by atoms with E-state index in [4.69, 9.17) is 9.97 Å². The molecule has 10 heteroatoms. The maximum absolute atomic E-state index is 10.6. The number of para-hydroxylation sites is 1. The fourth-order valence-corrected chi connectivity index (χ4v) is 7.69. The summed E-state index contributed by atoms with van der Waals surface area (Å²) < 4.78 is 0. The van der Waals surface area contributed by atoms with Gasteiger partial charge in [-0.05, 0) is 73.9 Å². The van der Waals surface area contributed by atoms with Crippen molar-refractivity contribution < 1.29 is 10.2 Å². The van der Waals surface area contributed by atoms with Crippen molar-refractivity contribution in [2.24, 2.45) is 5.41 Å². The molecule has 3 aromatic heterocycles. The number of anilines is 1. The van der Waals surface area contributed by atoms with Gasteiger partial charge in [0.15, 0.2) is 5.65 Å². The highest BCUT2D eigenvalue weighted by Gasteiger charge is 2.50. The number of benzene rings is 1. The third-order valence-electron chi connectivity index (χ3n) is 10.1. The van der Waals surface area contributed by atoms with E-state index in [9.17, 15) is 10.2 Å². The van der Waals surface area contributed by atoms with Gasteiger partial charge < -0.3 is 30.3 Å². The Morgan fingerprint density at radius 1 is 1.00 bits per heavy atom. The van der Waals surface area contributed by atoms with E-state index in [1.165, 1.54) is 31.5 Å². The topological polar surface area (TPSA) is 126 Å². The summed E-state index contributed by atoms with van der Waals surface area (Å²) in [7, 11) is 0. The Kier molecular flexibility index (Phi) is 5.98. The largest absolute Gasteiger partial charge is 0.507 e. The maximum Gasteiger partial charge on any atom is 0.225 e. The van der Waals surface area contributed by atoms with Crippen LogP contribution in [0.2, 0.25) is 0 Å². The number of likely N-dealkylation sites (tertiary alicyclic amines) is 1. The molecular weight excluding hydrogens is 516 g/mol. The van der Waals surface area contributed by atoms with Crippen molar-refractivity contribution in [3.63, 3.8) is 0 Å². The number of aliphatic hydroxyl groups excluding tert-OH is 1. The van der Waals surface area contributed by atoms with Crippen LogP contribution in [0.25, 0.3) is 22.3 Å². The molecule has 0 radical (unpaired) electrons. The fourth-order valence-electron chi connectivity index (χ4n) is 7.69. The summed E-state index contributed by atoms with van der Waals surface area (Å²) in [6.07, 6.45) is 9.81. The molecule has 0 bridgehead atoms. The van der Waals surface area contributed by atoms with Crippen LogP contribution in [0.3, 0.4) is 0 Å². The van der Waals surface area contributed by atoms with Gasteiger partial charge in [-0.1, -0.05) is 12.1 Å². The monoisotopic (exact) mass is 552 g/mol. The molecule has 4 aliphatic rings. The number of fused-ring (bicyclic) bond motifs is 3. The normalized spacial score (nSPS) is 23.0. The molecule has 1 aromatic carbocycles. The Morgan fingerprint density at radius 2 is 1.78 bits per heavy atom. The molecule has 4 aromatic rings. The third-order valence-corrected chi connectivity index (χ3v) is 10.1. The number of piperidine rings is 1. The number of aliphatic hydroxyl groups is 1. The van der Waals surface area contributed by atoms with Crippen LogP contribution in [0.1, 0.15) is 54.5 Å². The quantitative estimate of drug-likeness (QED) is 0.295. The first-order chi connectivity index (χ1) is 20.1. The molecule has 3 fully saturated rings. The molecule has 0 amide bonds. The number of aromatic amines is 1. The molecule has 6 heterocycles. The summed E-state index contributed by atoms with van der Waals surface area (Å²) in [4.78, 5) is 17.9. The fraction of sp³-hybridized carbons (Fsp3) is 0.484. The van der Waals surface area contributed by atoms with E-state index in [1.807, 2.05) is 30.6 Å². The number of H-pyrrole nitrogens is 1. The lowest BCUT2D eigenvalue weighted by Crippen LogP contribution is -2.65. The van der Waals surface area contributed by atoms with Crippen molar-refractivity contribution >= 4 is 17.0 Å². The molecular formula is C31H36N8O2. The van der Waals surface area contributed by atoms with Gasteiger partial charge in [-0.15, -0.1) is 10.2 Å². The molecule has 10 nitrogen and oxygen atoms in total. The zero-order chi connectivity index (χ0) is 27.6. The van der Waals surface area contributed by atoms with Gasteiger partial charge in [-0.2, -0.15) is 0 Å². The molecule has 41 heavy (non-hydrogen) atoms. The van der Waals surface area contributed by atoms with Gasteiger partial charge in [-0.25, -0.2) is 9.97 Å². The molecule has 1 atom stereocenters. The molecule has 0 unspecified atom stereocenters. The van der Waals surface area contributed by atoms with Crippen molar-refractivity contribution in [3.8, 4) is 17.0 Å². The first-order valence-corrected chi connectivity index (χ1v) is 14.9. The number of hydrogen-bond acceptors (Lipinski definition) is 9. The van der Waals surface area contributed by atoms with Gasteiger partial charge in [0.05, 0.1) is 18.3 Å². The Labute approximate surface area is 238 Å². The van der Waals surface area contributed by atoms with E-state index < -0.39 is 0 Å². The molecule has 4 N–H and O–H groups in total. The Bertz CT molecular complexity index is 1570. The Morgan fingerprint density at radius 3 is 2.49 bits per heavy atom. The molecule has 1 aliphatic carbocycles. The number of rotatable bonds is 5. The van der Waals surface area contributed by atoms with E-state index in [1.54, 1.807) is 12.1 Å². The van der Waals surface area contributed by atoms with E-state index in [2.05, 4.69) is 30.3 Å². The second-order valence-corrected chi connectivity index (χ2v) is 12.5. The van der Waals surface area contributed by atoms with Gasteiger partial charge in [0.2, 0.25) is 5.95 Å². The lowest BCUT2D eigenvalue weighted by Gasteiger charge is -2.58. The van der Waals surface area contributed by atoms with Crippen LogP contribution in [0.5, 0.6) is 5.75 Å². The minimum Gasteiger partial charge on any atom is -0.507 e.